The largest absolute Gasteiger partial charge is 0.867 e. The van der Waals surface area contributed by atoms with Crippen molar-refractivity contribution in [2.45, 2.75) is 20.0 Å². The molecule has 148 valence electrons. The predicted molar refractivity (Wildman–Crippen MR) is 114 cm³/mol. The number of rotatable bonds is 6. The molecule has 2 N–H and O–H groups in total. The van der Waals surface area contributed by atoms with E-state index in [4.69, 9.17) is 12.2 Å². The minimum absolute atomic E-state index is 0.0831. The summed E-state index contributed by atoms with van der Waals surface area (Å²) in [5.41, 5.74) is 2.56. The molecule has 2 aromatic carbocycles. The zero-order chi connectivity index (χ0) is 20.8. The Morgan fingerprint density at radius 2 is 1.79 bits per heavy atom. The molecule has 0 fully saturated rings. The van der Waals surface area contributed by atoms with Gasteiger partial charge in [-0.15, -0.1) is 0 Å². The highest BCUT2D eigenvalue weighted by molar-refractivity contribution is 7.81. The second kappa shape index (κ2) is 9.41. The molecular weight excluding hydrogens is 387 g/mol. The number of aliphatic hydroxyl groups excluding tert-OH is 1. The molecule has 0 amide bonds. The number of benzene rings is 2. The third kappa shape index (κ3) is 4.85. The number of aliphatic hydroxyl groups is 1. The number of nitrogens with one attached hydrogen (secondary N) is 1. The molecule has 0 atom stereocenters. The van der Waals surface area contributed by atoms with Gasteiger partial charge in [0, 0.05) is 11.6 Å². The summed E-state index contributed by atoms with van der Waals surface area (Å²) in [5, 5.41) is 25.6. The van der Waals surface area contributed by atoms with E-state index in [0.29, 0.717) is 11.1 Å². The third-order valence-electron chi connectivity index (χ3n) is 4.48. The summed E-state index contributed by atoms with van der Waals surface area (Å²) in [4.78, 5) is 0.0831. The highest BCUT2D eigenvalue weighted by atomic mass is 32.1. The van der Waals surface area contributed by atoms with Crippen LogP contribution < -0.4 is 15.0 Å². The summed E-state index contributed by atoms with van der Waals surface area (Å²) in [7, 11) is 0. The van der Waals surface area contributed by atoms with Crippen LogP contribution in [0.1, 0.15) is 23.6 Å². The summed E-state index contributed by atoms with van der Waals surface area (Å²) in [6.07, 6.45) is 4.16. The van der Waals surface area contributed by atoms with Crippen LogP contribution in [0.4, 0.5) is 10.1 Å². The number of pyridine rings is 1. The number of hydrogen-bond donors (Lipinski definition) is 2. The van der Waals surface area contributed by atoms with Gasteiger partial charge in [0.1, 0.15) is 5.82 Å². The maximum Gasteiger partial charge on any atom is 0.238 e. The molecule has 0 bridgehead atoms. The summed E-state index contributed by atoms with van der Waals surface area (Å²) in [5.74, 6) is -0.773. The SMILES string of the molecule is CCc1ccc(C([O-])=C(C(=S)Nc2ccccc2F)[n+]2cccc(CO)c2)cc1. The maximum absolute atomic E-state index is 14.1. The van der Waals surface area contributed by atoms with Crippen LogP contribution in [0.15, 0.2) is 73.1 Å². The number of hydrogen-bond acceptors (Lipinski definition) is 3. The predicted octanol–water partition coefficient (Wildman–Crippen LogP) is 3.29. The van der Waals surface area contributed by atoms with Crippen molar-refractivity contribution >= 4 is 34.3 Å². The van der Waals surface area contributed by atoms with E-state index in [-0.39, 0.29) is 28.7 Å². The summed E-state index contributed by atoms with van der Waals surface area (Å²) in [6, 6.07) is 16.9. The molecule has 0 saturated carbocycles. The van der Waals surface area contributed by atoms with Gasteiger partial charge >= 0.3 is 0 Å². The van der Waals surface area contributed by atoms with Gasteiger partial charge in [-0.1, -0.05) is 55.5 Å². The van der Waals surface area contributed by atoms with Crippen LogP contribution >= 0.6 is 12.2 Å². The van der Waals surface area contributed by atoms with Gasteiger partial charge in [0.05, 0.1) is 12.3 Å². The Labute approximate surface area is 174 Å². The van der Waals surface area contributed by atoms with Crippen LogP contribution in [0.2, 0.25) is 0 Å². The first-order valence-corrected chi connectivity index (χ1v) is 9.62. The lowest BCUT2D eigenvalue weighted by Crippen LogP contribution is -2.40. The van der Waals surface area contributed by atoms with Crippen molar-refractivity contribution in [1.82, 2.24) is 0 Å². The number of para-hydroxylation sites is 1. The van der Waals surface area contributed by atoms with E-state index in [0.717, 1.165) is 12.0 Å². The molecule has 0 aliphatic heterocycles. The number of nitrogens with zero attached hydrogens (tertiary/aromatic N) is 1. The number of aromatic nitrogens is 1. The van der Waals surface area contributed by atoms with Gasteiger partial charge in [-0.05, 0) is 41.5 Å². The van der Waals surface area contributed by atoms with Crippen molar-refractivity contribution in [1.29, 1.82) is 0 Å². The van der Waals surface area contributed by atoms with E-state index in [1.807, 2.05) is 19.1 Å². The summed E-state index contributed by atoms with van der Waals surface area (Å²) in [6.45, 7) is 1.86. The van der Waals surface area contributed by atoms with Crippen LogP contribution in [0.25, 0.3) is 11.5 Å². The smallest absolute Gasteiger partial charge is 0.238 e. The molecule has 0 aliphatic carbocycles. The average Bonchev–Trinajstić information content (AvgIpc) is 2.75. The van der Waals surface area contributed by atoms with E-state index in [1.165, 1.54) is 6.07 Å². The lowest BCUT2D eigenvalue weighted by molar-refractivity contribution is -0.578. The normalized spacial score (nSPS) is 11.7. The van der Waals surface area contributed by atoms with Crippen molar-refractivity contribution < 1.29 is 19.2 Å². The Bertz CT molecular complexity index is 1050. The Morgan fingerprint density at radius 3 is 2.45 bits per heavy atom. The zero-order valence-corrected chi connectivity index (χ0v) is 16.7. The van der Waals surface area contributed by atoms with Crippen LogP contribution in [0.5, 0.6) is 0 Å². The Hall–Kier alpha value is -3.09. The highest BCUT2D eigenvalue weighted by Crippen LogP contribution is 2.19. The first-order chi connectivity index (χ1) is 14.0. The summed E-state index contributed by atoms with van der Waals surface area (Å²) >= 11 is 5.48. The van der Waals surface area contributed by atoms with Gasteiger partial charge in [0.2, 0.25) is 5.70 Å². The minimum Gasteiger partial charge on any atom is -0.867 e. The molecule has 0 spiro atoms. The standard InChI is InChI=1S/C23H21FN2O2S/c1-2-16-9-11-18(12-10-16)22(28)21(26-13-5-6-17(14-26)15-27)23(29)25-20-8-4-3-7-19(20)24/h3-14,27H,2,15H2,1H3,(H-,25,28,29). The molecule has 3 aromatic rings. The molecule has 1 heterocycles. The first kappa shape index (κ1) is 20.6. The van der Waals surface area contributed by atoms with Gasteiger partial charge in [0.15, 0.2) is 17.4 Å². The molecule has 6 heteroatoms. The first-order valence-electron chi connectivity index (χ1n) is 9.21. The van der Waals surface area contributed by atoms with Crippen LogP contribution in [0.3, 0.4) is 0 Å². The molecule has 3 rings (SSSR count). The van der Waals surface area contributed by atoms with E-state index >= 15 is 0 Å². The fourth-order valence-electron chi connectivity index (χ4n) is 2.87. The molecular formula is C23H21FN2O2S. The van der Waals surface area contributed by atoms with Crippen LogP contribution in [-0.4, -0.2) is 10.1 Å². The van der Waals surface area contributed by atoms with E-state index in [2.05, 4.69) is 5.32 Å². The lowest BCUT2D eigenvalue weighted by Gasteiger charge is -2.17. The van der Waals surface area contributed by atoms with E-state index in [1.54, 1.807) is 59.4 Å². The molecule has 0 aliphatic rings. The second-order valence-corrected chi connectivity index (χ2v) is 6.85. The van der Waals surface area contributed by atoms with E-state index in [9.17, 15) is 14.6 Å². The van der Waals surface area contributed by atoms with Gasteiger partial charge in [-0.2, -0.15) is 4.57 Å². The molecule has 4 nitrogen and oxygen atoms in total. The Kier molecular flexibility index (Phi) is 6.69. The Balaban J connectivity index is 2.09. The van der Waals surface area contributed by atoms with Gasteiger partial charge in [-0.25, -0.2) is 4.39 Å². The topological polar surface area (TPSA) is 59.2 Å². The second-order valence-electron chi connectivity index (χ2n) is 6.44. The van der Waals surface area contributed by atoms with Gasteiger partial charge in [0.25, 0.3) is 0 Å². The maximum atomic E-state index is 14.1. The number of thiocarbonyl (C=S) groups is 1. The molecule has 0 unspecified atom stereocenters. The van der Waals surface area contributed by atoms with Gasteiger partial charge < -0.3 is 15.5 Å². The van der Waals surface area contributed by atoms with Crippen molar-refractivity contribution in [2.24, 2.45) is 0 Å². The summed E-state index contributed by atoms with van der Waals surface area (Å²) < 4.78 is 15.6. The fourth-order valence-corrected chi connectivity index (χ4v) is 3.18. The monoisotopic (exact) mass is 408 g/mol. The van der Waals surface area contributed by atoms with Crippen LogP contribution in [0, 0.1) is 5.82 Å². The van der Waals surface area contributed by atoms with Crippen LogP contribution in [-0.2, 0) is 13.0 Å². The molecule has 0 saturated heterocycles. The number of halogens is 1. The molecule has 29 heavy (non-hydrogen) atoms. The molecule has 1 aromatic heterocycles. The average molecular weight is 408 g/mol. The number of anilines is 1. The van der Waals surface area contributed by atoms with E-state index < -0.39 is 5.82 Å². The van der Waals surface area contributed by atoms with Crippen molar-refractivity contribution in [3.05, 3.63) is 95.6 Å². The van der Waals surface area contributed by atoms with Crippen molar-refractivity contribution in [2.75, 3.05) is 5.32 Å². The zero-order valence-electron chi connectivity index (χ0n) is 15.9. The molecule has 0 radical (unpaired) electrons. The quantitative estimate of drug-likeness (QED) is 0.284. The fraction of sp³-hybridized carbons (Fsp3) is 0.130. The minimum atomic E-state index is -0.469. The lowest BCUT2D eigenvalue weighted by atomic mass is 10.1. The highest BCUT2D eigenvalue weighted by Gasteiger charge is 2.20. The Morgan fingerprint density at radius 1 is 1.07 bits per heavy atom. The third-order valence-corrected chi connectivity index (χ3v) is 4.77. The van der Waals surface area contributed by atoms with Gasteiger partial charge in [-0.3, -0.25) is 0 Å². The van der Waals surface area contributed by atoms with Crippen molar-refractivity contribution in [3.63, 3.8) is 0 Å². The number of aryl methyl sites for hydroxylation is 1. The van der Waals surface area contributed by atoms with Crippen molar-refractivity contribution in [3.8, 4) is 0 Å².